The Labute approximate surface area is 205 Å². The van der Waals surface area contributed by atoms with Crippen molar-refractivity contribution >= 4 is 23.9 Å². The van der Waals surface area contributed by atoms with Gasteiger partial charge in [-0.05, 0) is 35.4 Å². The molecule has 192 valence electrons. The number of nitrogens with zero attached hydrogens (tertiary/aromatic N) is 1. The summed E-state index contributed by atoms with van der Waals surface area (Å²) in [6, 6.07) is 15.0. The maximum atomic E-state index is 11.8. The molecule has 0 heterocycles. The minimum absolute atomic E-state index is 0.108. The van der Waals surface area contributed by atoms with Crippen LogP contribution in [0.2, 0.25) is 0 Å². The zero-order valence-corrected chi connectivity index (χ0v) is 20.1. The van der Waals surface area contributed by atoms with Gasteiger partial charge in [-0.25, -0.2) is 9.18 Å². The molecule has 0 bridgehead atoms. The molecule has 2 rings (SSSR count). The van der Waals surface area contributed by atoms with Gasteiger partial charge in [0.25, 0.3) is 0 Å². The molecule has 35 heavy (non-hydrogen) atoms. The fraction of sp³-hybridized carbons (Fsp3) is 0.423. The van der Waals surface area contributed by atoms with Gasteiger partial charge in [0.05, 0.1) is 52.9 Å². The molecule has 9 heteroatoms. The summed E-state index contributed by atoms with van der Waals surface area (Å²) in [6.07, 6.45) is 2.95. The third-order valence-electron chi connectivity index (χ3n) is 4.75. The van der Waals surface area contributed by atoms with Crippen molar-refractivity contribution in [2.45, 2.75) is 0 Å². The Bertz CT molecular complexity index is 859. The number of carbonyl (C=O) groups is 1. The maximum absolute atomic E-state index is 11.8. The molecule has 0 saturated heterocycles. The quantitative estimate of drug-likeness (QED) is 0.245. The average molecular weight is 492 g/mol. The summed E-state index contributed by atoms with van der Waals surface area (Å²) in [6.45, 7) is 3.22. The first-order chi connectivity index (χ1) is 17.1. The first-order valence-corrected chi connectivity index (χ1v) is 11.4. The van der Waals surface area contributed by atoms with E-state index in [1.54, 1.807) is 12.1 Å². The van der Waals surface area contributed by atoms with E-state index in [-0.39, 0.29) is 6.61 Å². The molecule has 0 spiro atoms. The van der Waals surface area contributed by atoms with Crippen LogP contribution in [0.4, 0.5) is 14.9 Å². The number of hydrogen-bond acceptors (Lipinski definition) is 6. The van der Waals surface area contributed by atoms with E-state index in [2.05, 4.69) is 0 Å². The topological polar surface area (TPSA) is 86.7 Å². The van der Waals surface area contributed by atoms with Gasteiger partial charge < -0.3 is 28.8 Å². The summed E-state index contributed by atoms with van der Waals surface area (Å²) in [5.74, 6) is 0.760. The predicted molar refractivity (Wildman–Crippen MR) is 133 cm³/mol. The molecule has 8 nitrogen and oxygen atoms in total. The number of rotatable bonds is 18. The highest BCUT2D eigenvalue weighted by atomic mass is 19.1. The lowest BCUT2D eigenvalue weighted by atomic mass is 10.1. The Hall–Kier alpha value is -2.98. The first kappa shape index (κ1) is 28.3. The van der Waals surface area contributed by atoms with E-state index < -0.39 is 12.8 Å². The van der Waals surface area contributed by atoms with Gasteiger partial charge in [-0.15, -0.1) is 0 Å². The lowest BCUT2D eigenvalue weighted by Gasteiger charge is -2.12. The van der Waals surface area contributed by atoms with Crippen LogP contribution in [-0.4, -0.2) is 84.4 Å². The molecule has 0 atom stereocenters. The fourth-order valence-corrected chi connectivity index (χ4v) is 2.82. The Morgan fingerprint density at radius 3 is 1.63 bits per heavy atom. The molecule has 2 aromatic rings. The van der Waals surface area contributed by atoms with Crippen LogP contribution in [0.1, 0.15) is 11.1 Å². The van der Waals surface area contributed by atoms with E-state index in [4.69, 9.17) is 28.8 Å². The van der Waals surface area contributed by atoms with Crippen molar-refractivity contribution in [2.24, 2.45) is 0 Å². The van der Waals surface area contributed by atoms with E-state index in [0.29, 0.717) is 58.5 Å². The molecule has 0 unspecified atom stereocenters. The van der Waals surface area contributed by atoms with Crippen molar-refractivity contribution in [3.05, 3.63) is 59.7 Å². The number of alkyl halides is 1. The van der Waals surface area contributed by atoms with Crippen LogP contribution in [0.5, 0.6) is 5.75 Å². The average Bonchev–Trinajstić information content (AvgIpc) is 2.88. The van der Waals surface area contributed by atoms with Crippen molar-refractivity contribution in [3.63, 3.8) is 0 Å². The third-order valence-corrected chi connectivity index (χ3v) is 4.75. The summed E-state index contributed by atoms with van der Waals surface area (Å²) >= 11 is 0. The van der Waals surface area contributed by atoms with Gasteiger partial charge >= 0.3 is 6.09 Å². The second kappa shape index (κ2) is 17.5. The molecule has 2 aromatic carbocycles. The second-order valence-corrected chi connectivity index (χ2v) is 7.32. The highest BCUT2D eigenvalue weighted by Gasteiger charge is 2.07. The van der Waals surface area contributed by atoms with Crippen molar-refractivity contribution in [1.29, 1.82) is 0 Å². The van der Waals surface area contributed by atoms with Crippen molar-refractivity contribution in [3.8, 4) is 5.75 Å². The number of benzene rings is 2. The van der Waals surface area contributed by atoms with E-state index in [9.17, 15) is 9.18 Å². The standard InChI is InChI=1S/C26H34FNO7/c1-28(26(29)30)24-8-4-22(5-9-24)2-3-23-6-10-25(11-7-23)35-21-20-34-19-18-33-17-16-32-15-14-31-13-12-27/h2-11H,12-21H2,1H3,(H,29,30). The minimum atomic E-state index is -0.996. The Morgan fingerprint density at radius 2 is 1.17 bits per heavy atom. The van der Waals surface area contributed by atoms with Gasteiger partial charge in [0.2, 0.25) is 0 Å². The van der Waals surface area contributed by atoms with Gasteiger partial charge in [0.1, 0.15) is 19.0 Å². The monoisotopic (exact) mass is 491 g/mol. The molecule has 1 N–H and O–H groups in total. The van der Waals surface area contributed by atoms with Gasteiger partial charge in [0, 0.05) is 12.7 Å². The maximum Gasteiger partial charge on any atom is 0.411 e. The highest BCUT2D eigenvalue weighted by molar-refractivity contribution is 5.85. The van der Waals surface area contributed by atoms with Crippen molar-refractivity contribution in [2.75, 3.05) is 78.1 Å². The van der Waals surface area contributed by atoms with Crippen LogP contribution in [0, 0.1) is 0 Å². The SMILES string of the molecule is CN(C(=O)O)c1ccc(C=Cc2ccc(OCCOCCOCCOCCOCCF)cc2)cc1. The lowest BCUT2D eigenvalue weighted by Crippen LogP contribution is -2.23. The second-order valence-electron chi connectivity index (χ2n) is 7.32. The zero-order valence-electron chi connectivity index (χ0n) is 20.1. The van der Waals surface area contributed by atoms with Crippen LogP contribution in [0.15, 0.2) is 48.5 Å². The minimum Gasteiger partial charge on any atom is -0.491 e. The summed E-state index contributed by atoms with van der Waals surface area (Å²) in [5.41, 5.74) is 2.61. The van der Waals surface area contributed by atoms with Gasteiger partial charge in [-0.1, -0.05) is 36.4 Å². The number of ether oxygens (including phenoxy) is 5. The summed E-state index contributed by atoms with van der Waals surface area (Å²) in [7, 11) is 1.51. The normalized spacial score (nSPS) is 11.1. The van der Waals surface area contributed by atoms with Crippen LogP contribution in [0.25, 0.3) is 12.2 Å². The van der Waals surface area contributed by atoms with E-state index in [0.717, 1.165) is 16.9 Å². The Morgan fingerprint density at radius 1 is 0.743 bits per heavy atom. The van der Waals surface area contributed by atoms with Crippen LogP contribution < -0.4 is 9.64 Å². The van der Waals surface area contributed by atoms with Gasteiger partial charge in [-0.3, -0.25) is 4.90 Å². The summed E-state index contributed by atoms with van der Waals surface area (Å²) < 4.78 is 38.6. The molecule has 0 aliphatic rings. The summed E-state index contributed by atoms with van der Waals surface area (Å²) in [4.78, 5) is 12.2. The van der Waals surface area contributed by atoms with Gasteiger partial charge in [0.15, 0.2) is 0 Å². The molecule has 0 aliphatic heterocycles. The third kappa shape index (κ3) is 12.3. The molecule has 0 fully saturated rings. The van der Waals surface area contributed by atoms with Crippen molar-refractivity contribution in [1.82, 2.24) is 0 Å². The van der Waals surface area contributed by atoms with E-state index in [1.807, 2.05) is 48.6 Å². The molecule has 1 amide bonds. The largest absolute Gasteiger partial charge is 0.491 e. The molecule has 0 radical (unpaired) electrons. The number of amides is 1. The predicted octanol–water partition coefficient (Wildman–Crippen LogP) is 4.39. The smallest absolute Gasteiger partial charge is 0.411 e. The van der Waals surface area contributed by atoms with Gasteiger partial charge in [-0.2, -0.15) is 0 Å². The lowest BCUT2D eigenvalue weighted by molar-refractivity contribution is -0.00557. The fourth-order valence-electron chi connectivity index (χ4n) is 2.82. The number of anilines is 1. The van der Waals surface area contributed by atoms with E-state index in [1.165, 1.54) is 11.9 Å². The molecule has 0 aromatic heterocycles. The highest BCUT2D eigenvalue weighted by Crippen LogP contribution is 2.17. The number of hydrogen-bond donors (Lipinski definition) is 1. The zero-order chi connectivity index (χ0) is 25.1. The van der Waals surface area contributed by atoms with E-state index >= 15 is 0 Å². The number of carboxylic acid groups (broad SMARTS) is 1. The first-order valence-electron chi connectivity index (χ1n) is 11.4. The number of halogens is 1. The van der Waals surface area contributed by atoms with Crippen LogP contribution in [-0.2, 0) is 18.9 Å². The van der Waals surface area contributed by atoms with Crippen LogP contribution >= 0.6 is 0 Å². The van der Waals surface area contributed by atoms with Crippen LogP contribution in [0.3, 0.4) is 0 Å². The Kier molecular flexibility index (Phi) is 14.1. The molecular formula is C26H34FNO7. The molecular weight excluding hydrogens is 457 g/mol. The van der Waals surface area contributed by atoms with Crippen molar-refractivity contribution < 1.29 is 38.0 Å². The summed E-state index contributed by atoms with van der Waals surface area (Å²) in [5, 5.41) is 9.01. The molecule has 0 saturated carbocycles. The Balaban J connectivity index is 1.53. The molecule has 0 aliphatic carbocycles.